The minimum absolute atomic E-state index is 0.0326. The molecule has 0 spiro atoms. The van der Waals surface area contributed by atoms with Crippen molar-refractivity contribution in [2.24, 2.45) is 0 Å². The van der Waals surface area contributed by atoms with Gasteiger partial charge in [0.15, 0.2) is 5.82 Å². The van der Waals surface area contributed by atoms with Gasteiger partial charge in [0.25, 0.3) is 11.5 Å². The van der Waals surface area contributed by atoms with E-state index >= 15 is 0 Å². The first-order valence-corrected chi connectivity index (χ1v) is 9.54. The van der Waals surface area contributed by atoms with Crippen LogP contribution in [0.5, 0.6) is 0 Å². The van der Waals surface area contributed by atoms with Gasteiger partial charge in [0.1, 0.15) is 5.69 Å². The van der Waals surface area contributed by atoms with Gasteiger partial charge in [0, 0.05) is 31.6 Å². The predicted octanol–water partition coefficient (Wildman–Crippen LogP) is 1.87. The molecule has 0 bridgehead atoms. The Morgan fingerprint density at radius 2 is 1.82 bits per heavy atom. The lowest BCUT2D eigenvalue weighted by Gasteiger charge is -2.44. The highest BCUT2D eigenvalue weighted by Crippen LogP contribution is 2.24. The smallest absolute Gasteiger partial charge is 0.274 e. The molecule has 0 aliphatic carbocycles. The molecule has 3 rings (SSSR count). The average molecular weight is 384 g/mol. The maximum Gasteiger partial charge on any atom is 0.274 e. The van der Waals surface area contributed by atoms with Gasteiger partial charge in [0.05, 0.1) is 17.8 Å². The van der Waals surface area contributed by atoms with Crippen LogP contribution < -0.4 is 10.5 Å². The van der Waals surface area contributed by atoms with Crippen LogP contribution in [-0.4, -0.2) is 57.0 Å². The van der Waals surface area contributed by atoms with Gasteiger partial charge < -0.3 is 9.80 Å². The van der Waals surface area contributed by atoms with E-state index in [-0.39, 0.29) is 34.7 Å². The van der Waals surface area contributed by atoms with Crippen LogP contribution in [0.3, 0.4) is 0 Å². The first kappa shape index (κ1) is 20.0. The number of likely N-dealkylation sites (N-methyl/N-ethyl adjacent to an activating group) is 1. The zero-order valence-corrected chi connectivity index (χ0v) is 17.4. The summed E-state index contributed by atoms with van der Waals surface area (Å²) in [6, 6.07) is 6.84. The molecule has 1 aliphatic heterocycles. The van der Waals surface area contributed by atoms with E-state index in [0.717, 1.165) is 11.5 Å². The molecular weight excluding hydrogens is 356 g/mol. The summed E-state index contributed by atoms with van der Waals surface area (Å²) >= 11 is 0. The summed E-state index contributed by atoms with van der Waals surface area (Å²) in [6.45, 7) is 11.4. The van der Waals surface area contributed by atoms with E-state index in [1.54, 1.807) is 11.9 Å². The van der Waals surface area contributed by atoms with Crippen molar-refractivity contribution in [2.45, 2.75) is 52.1 Å². The van der Waals surface area contributed by atoms with Crippen molar-refractivity contribution < 1.29 is 4.79 Å². The van der Waals surface area contributed by atoms with E-state index in [2.05, 4.69) is 41.0 Å². The molecule has 8 nitrogen and oxygen atoms in total. The molecule has 0 N–H and O–H groups in total. The molecule has 150 valence electrons. The van der Waals surface area contributed by atoms with Crippen LogP contribution in [0.1, 0.15) is 56.8 Å². The van der Waals surface area contributed by atoms with Gasteiger partial charge in [-0.2, -0.15) is 10.2 Å². The van der Waals surface area contributed by atoms with E-state index in [1.165, 1.54) is 16.8 Å². The Balaban J connectivity index is 1.65. The number of nitrogens with zero attached hydrogens (tertiary/aromatic N) is 6. The highest BCUT2D eigenvalue weighted by Gasteiger charge is 2.34. The molecular formula is C20H28N6O2. The van der Waals surface area contributed by atoms with Gasteiger partial charge in [-0.3, -0.25) is 9.59 Å². The number of aromatic nitrogens is 4. The van der Waals surface area contributed by atoms with Crippen molar-refractivity contribution in [1.82, 2.24) is 24.9 Å². The molecule has 0 aromatic carbocycles. The molecule has 8 heteroatoms. The third-order valence-corrected chi connectivity index (χ3v) is 5.01. The molecule has 2 aromatic rings. The topological polar surface area (TPSA) is 84.2 Å². The Labute approximate surface area is 165 Å². The van der Waals surface area contributed by atoms with Crippen molar-refractivity contribution in [3.8, 4) is 0 Å². The Kier molecular flexibility index (Phi) is 5.23. The summed E-state index contributed by atoms with van der Waals surface area (Å²) in [6.07, 6.45) is 0. The fourth-order valence-electron chi connectivity index (χ4n) is 3.04. The van der Waals surface area contributed by atoms with E-state index in [1.807, 2.05) is 26.0 Å². The number of amides is 1. The van der Waals surface area contributed by atoms with Crippen LogP contribution in [0.15, 0.2) is 29.1 Å². The van der Waals surface area contributed by atoms with Gasteiger partial charge >= 0.3 is 0 Å². The third-order valence-electron chi connectivity index (χ3n) is 5.01. The Hall–Kier alpha value is -2.77. The van der Waals surface area contributed by atoms with E-state index < -0.39 is 0 Å². The number of carbonyl (C=O) groups excluding carboxylic acids is 1. The second-order valence-electron chi connectivity index (χ2n) is 8.60. The first-order valence-electron chi connectivity index (χ1n) is 9.54. The number of rotatable bonds is 4. The number of hydrogen-bond donors (Lipinski definition) is 0. The summed E-state index contributed by atoms with van der Waals surface area (Å²) in [5.41, 5.74) is 0.992. The summed E-state index contributed by atoms with van der Waals surface area (Å²) in [5.74, 6) is 0.629. The maximum atomic E-state index is 12.8. The van der Waals surface area contributed by atoms with Crippen LogP contribution in [0.4, 0.5) is 5.82 Å². The summed E-state index contributed by atoms with van der Waals surface area (Å²) in [4.78, 5) is 28.4. The predicted molar refractivity (Wildman–Crippen MR) is 108 cm³/mol. The second kappa shape index (κ2) is 7.33. The third kappa shape index (κ3) is 3.90. The Morgan fingerprint density at radius 3 is 2.36 bits per heavy atom. The monoisotopic (exact) mass is 384 g/mol. The second-order valence-corrected chi connectivity index (χ2v) is 8.60. The normalized spacial score (nSPS) is 14.9. The van der Waals surface area contributed by atoms with Crippen LogP contribution in [-0.2, 0) is 5.41 Å². The van der Waals surface area contributed by atoms with Crippen LogP contribution in [0.25, 0.3) is 0 Å². The maximum absolute atomic E-state index is 12.8. The largest absolute Gasteiger partial charge is 0.351 e. The number of hydrogen-bond acceptors (Lipinski definition) is 6. The molecule has 2 aromatic heterocycles. The number of anilines is 1. The molecule has 0 unspecified atom stereocenters. The van der Waals surface area contributed by atoms with Crippen LogP contribution in [0.2, 0.25) is 0 Å². The van der Waals surface area contributed by atoms with E-state index in [9.17, 15) is 9.59 Å². The zero-order chi connectivity index (χ0) is 20.6. The highest BCUT2D eigenvalue weighted by molar-refractivity contribution is 5.92. The standard InChI is InChI=1S/C20H28N6O2/c1-13(2)26-18(27)10-7-15(23-26)19(28)24(6)14-11-25(12-14)17-9-8-16(21-22-17)20(3,4)5/h7-10,13-14H,11-12H2,1-6H3. The van der Waals surface area contributed by atoms with Crippen molar-refractivity contribution >= 4 is 11.7 Å². The fraction of sp³-hybridized carbons (Fsp3) is 0.550. The van der Waals surface area contributed by atoms with Crippen molar-refractivity contribution in [2.75, 3.05) is 25.0 Å². The van der Waals surface area contributed by atoms with E-state index in [4.69, 9.17) is 0 Å². The van der Waals surface area contributed by atoms with Crippen LogP contribution in [0, 0.1) is 0 Å². The molecule has 1 fully saturated rings. The van der Waals surface area contributed by atoms with Crippen LogP contribution >= 0.6 is 0 Å². The fourth-order valence-corrected chi connectivity index (χ4v) is 3.04. The van der Waals surface area contributed by atoms with E-state index in [0.29, 0.717) is 13.1 Å². The summed E-state index contributed by atoms with van der Waals surface area (Å²) in [5, 5.41) is 12.9. The first-order chi connectivity index (χ1) is 13.1. The molecule has 3 heterocycles. The lowest BCUT2D eigenvalue weighted by molar-refractivity contribution is 0.0695. The van der Waals surface area contributed by atoms with Gasteiger partial charge in [-0.05, 0) is 32.0 Å². The molecule has 28 heavy (non-hydrogen) atoms. The minimum atomic E-state index is -0.207. The van der Waals surface area contributed by atoms with Gasteiger partial charge in [-0.1, -0.05) is 20.8 Å². The number of carbonyl (C=O) groups is 1. The van der Waals surface area contributed by atoms with Crippen molar-refractivity contribution in [1.29, 1.82) is 0 Å². The zero-order valence-electron chi connectivity index (χ0n) is 17.4. The molecule has 1 aliphatic rings. The lowest BCUT2D eigenvalue weighted by atomic mass is 9.92. The summed E-state index contributed by atoms with van der Waals surface area (Å²) < 4.78 is 1.33. The summed E-state index contributed by atoms with van der Waals surface area (Å²) in [7, 11) is 1.77. The van der Waals surface area contributed by atoms with Gasteiger partial charge in [0.2, 0.25) is 0 Å². The quantitative estimate of drug-likeness (QED) is 0.800. The Bertz CT molecular complexity index is 908. The molecule has 0 saturated carbocycles. The minimum Gasteiger partial charge on any atom is -0.351 e. The average Bonchev–Trinajstić information content (AvgIpc) is 2.59. The lowest BCUT2D eigenvalue weighted by Crippen LogP contribution is -2.60. The Morgan fingerprint density at radius 1 is 1.14 bits per heavy atom. The van der Waals surface area contributed by atoms with Crippen molar-refractivity contribution in [3.05, 3.63) is 46.0 Å². The van der Waals surface area contributed by atoms with Gasteiger partial charge in [-0.25, -0.2) is 4.68 Å². The molecule has 1 saturated heterocycles. The SMILES string of the molecule is CC(C)n1nc(C(=O)N(C)C2CN(c3ccc(C(C)(C)C)nn3)C2)ccc1=O. The van der Waals surface area contributed by atoms with Crippen molar-refractivity contribution in [3.63, 3.8) is 0 Å². The molecule has 1 amide bonds. The molecule has 0 radical (unpaired) electrons. The highest BCUT2D eigenvalue weighted by atomic mass is 16.2. The van der Waals surface area contributed by atoms with Gasteiger partial charge in [-0.15, -0.1) is 5.10 Å². The molecule has 0 atom stereocenters.